The first-order valence-electron chi connectivity index (χ1n) is 3.58. The Balaban J connectivity index is 2.99. The maximum atomic E-state index is 5.80. The van der Waals surface area contributed by atoms with Crippen molar-refractivity contribution in [3.8, 4) is 0 Å². The Labute approximate surface area is 66.7 Å². The van der Waals surface area contributed by atoms with Gasteiger partial charge in [0.05, 0.1) is 23.1 Å². The van der Waals surface area contributed by atoms with Crippen molar-refractivity contribution in [2.45, 2.75) is 26.3 Å². The first kappa shape index (κ1) is 8.14. The van der Waals surface area contributed by atoms with Crippen molar-refractivity contribution in [3.05, 3.63) is 23.8 Å². The van der Waals surface area contributed by atoms with Crippen molar-refractivity contribution >= 4 is 0 Å². The molecule has 0 amide bonds. The molecule has 0 atom stereocenters. The fourth-order valence-corrected chi connectivity index (χ4v) is 0.725. The summed E-state index contributed by atoms with van der Waals surface area (Å²) in [6, 6.07) is 0. The molecule has 0 aromatic carbocycles. The lowest BCUT2D eigenvalue weighted by atomic mass is 10.0. The van der Waals surface area contributed by atoms with Crippen LogP contribution >= 0.6 is 0 Å². The minimum atomic E-state index is -0.388. The molecule has 1 aromatic rings. The number of hydrogen-bond donors (Lipinski definition) is 1. The van der Waals surface area contributed by atoms with E-state index in [0.717, 1.165) is 11.4 Å². The highest BCUT2D eigenvalue weighted by molar-refractivity contribution is 5.09. The summed E-state index contributed by atoms with van der Waals surface area (Å²) in [7, 11) is 0. The molecular formula is C8H13N3. The van der Waals surface area contributed by atoms with Crippen LogP contribution in [0, 0.1) is 6.92 Å². The van der Waals surface area contributed by atoms with Crippen LogP contribution in [0.2, 0.25) is 0 Å². The summed E-state index contributed by atoms with van der Waals surface area (Å²) in [5.41, 5.74) is 7.15. The second-order valence-electron chi connectivity index (χ2n) is 3.26. The topological polar surface area (TPSA) is 51.8 Å². The third-order valence-corrected chi connectivity index (χ3v) is 1.44. The van der Waals surface area contributed by atoms with Gasteiger partial charge in [-0.2, -0.15) is 0 Å². The second-order valence-corrected chi connectivity index (χ2v) is 3.26. The number of aromatic nitrogens is 2. The van der Waals surface area contributed by atoms with Crippen LogP contribution < -0.4 is 5.73 Å². The third-order valence-electron chi connectivity index (χ3n) is 1.44. The molecule has 0 unspecified atom stereocenters. The number of nitrogens with two attached hydrogens (primary N) is 1. The van der Waals surface area contributed by atoms with Gasteiger partial charge in [0, 0.05) is 6.20 Å². The summed E-state index contributed by atoms with van der Waals surface area (Å²) in [6.07, 6.45) is 3.44. The van der Waals surface area contributed by atoms with Gasteiger partial charge in [0.25, 0.3) is 0 Å². The van der Waals surface area contributed by atoms with Crippen molar-refractivity contribution < 1.29 is 0 Å². The van der Waals surface area contributed by atoms with E-state index in [0.29, 0.717) is 0 Å². The summed E-state index contributed by atoms with van der Waals surface area (Å²) in [6.45, 7) is 5.72. The van der Waals surface area contributed by atoms with Crippen molar-refractivity contribution in [2.75, 3.05) is 0 Å². The van der Waals surface area contributed by atoms with Crippen LogP contribution in [-0.4, -0.2) is 9.97 Å². The van der Waals surface area contributed by atoms with Crippen LogP contribution in [0.15, 0.2) is 12.4 Å². The highest BCUT2D eigenvalue weighted by Crippen LogP contribution is 2.11. The maximum Gasteiger partial charge on any atom is 0.0779 e. The molecule has 60 valence electrons. The third kappa shape index (κ3) is 1.98. The Hall–Kier alpha value is -0.960. The van der Waals surface area contributed by atoms with E-state index in [1.54, 1.807) is 12.4 Å². The molecule has 0 bridgehead atoms. The van der Waals surface area contributed by atoms with E-state index in [1.165, 1.54) is 0 Å². The molecule has 3 nitrogen and oxygen atoms in total. The minimum Gasteiger partial charge on any atom is -0.321 e. The molecule has 0 saturated carbocycles. The number of aryl methyl sites for hydroxylation is 1. The zero-order chi connectivity index (χ0) is 8.48. The van der Waals surface area contributed by atoms with Crippen molar-refractivity contribution in [1.29, 1.82) is 0 Å². The largest absolute Gasteiger partial charge is 0.321 e. The fourth-order valence-electron chi connectivity index (χ4n) is 0.725. The Morgan fingerprint density at radius 2 is 1.91 bits per heavy atom. The smallest absolute Gasteiger partial charge is 0.0779 e. The molecule has 0 fully saturated rings. The molecule has 0 aliphatic heterocycles. The summed E-state index contributed by atoms with van der Waals surface area (Å²) < 4.78 is 0. The van der Waals surface area contributed by atoms with Gasteiger partial charge < -0.3 is 5.73 Å². The van der Waals surface area contributed by atoms with E-state index in [-0.39, 0.29) is 5.54 Å². The summed E-state index contributed by atoms with van der Waals surface area (Å²) in [5, 5.41) is 0. The Morgan fingerprint density at radius 1 is 1.27 bits per heavy atom. The van der Waals surface area contributed by atoms with Gasteiger partial charge in [0.2, 0.25) is 0 Å². The first-order valence-corrected chi connectivity index (χ1v) is 3.58. The molecule has 3 heteroatoms. The van der Waals surface area contributed by atoms with E-state index in [1.807, 2.05) is 20.8 Å². The maximum absolute atomic E-state index is 5.80. The average Bonchev–Trinajstić information content (AvgIpc) is 1.86. The summed E-state index contributed by atoms with van der Waals surface area (Å²) >= 11 is 0. The fraction of sp³-hybridized carbons (Fsp3) is 0.500. The molecule has 1 rings (SSSR count). The van der Waals surface area contributed by atoms with E-state index in [4.69, 9.17) is 5.73 Å². The van der Waals surface area contributed by atoms with Crippen LogP contribution in [0.5, 0.6) is 0 Å². The van der Waals surface area contributed by atoms with Crippen molar-refractivity contribution in [3.63, 3.8) is 0 Å². The molecule has 0 aliphatic rings. The molecular weight excluding hydrogens is 138 g/mol. The van der Waals surface area contributed by atoms with Crippen LogP contribution in [0.1, 0.15) is 25.2 Å². The van der Waals surface area contributed by atoms with Crippen LogP contribution in [0.4, 0.5) is 0 Å². The monoisotopic (exact) mass is 151 g/mol. The molecule has 1 heterocycles. The first-order chi connectivity index (χ1) is 5.00. The molecule has 0 radical (unpaired) electrons. The molecule has 0 aliphatic carbocycles. The average molecular weight is 151 g/mol. The van der Waals surface area contributed by atoms with Gasteiger partial charge in [-0.25, -0.2) is 0 Å². The second kappa shape index (κ2) is 2.58. The SMILES string of the molecule is Cc1cnc(C(C)(C)N)cn1. The predicted molar refractivity (Wildman–Crippen MR) is 44.0 cm³/mol. The molecule has 0 saturated heterocycles. The van der Waals surface area contributed by atoms with Crippen LogP contribution in [0.3, 0.4) is 0 Å². The van der Waals surface area contributed by atoms with Gasteiger partial charge in [0.1, 0.15) is 0 Å². The lowest BCUT2D eigenvalue weighted by Gasteiger charge is -2.16. The Bertz CT molecular complexity index is 233. The van der Waals surface area contributed by atoms with E-state index >= 15 is 0 Å². The highest BCUT2D eigenvalue weighted by Gasteiger charge is 2.15. The minimum absolute atomic E-state index is 0.388. The number of rotatable bonds is 1. The van der Waals surface area contributed by atoms with Gasteiger partial charge in [-0.1, -0.05) is 0 Å². The zero-order valence-electron chi connectivity index (χ0n) is 7.13. The Kier molecular flexibility index (Phi) is 1.91. The highest BCUT2D eigenvalue weighted by atomic mass is 14.9. The van der Waals surface area contributed by atoms with E-state index in [2.05, 4.69) is 9.97 Å². The van der Waals surface area contributed by atoms with Gasteiger partial charge in [-0.05, 0) is 20.8 Å². The van der Waals surface area contributed by atoms with Crippen LogP contribution in [-0.2, 0) is 5.54 Å². The molecule has 11 heavy (non-hydrogen) atoms. The van der Waals surface area contributed by atoms with Gasteiger partial charge in [-0.3, -0.25) is 9.97 Å². The summed E-state index contributed by atoms with van der Waals surface area (Å²) in [5.74, 6) is 0. The van der Waals surface area contributed by atoms with Gasteiger partial charge in [0.15, 0.2) is 0 Å². The van der Waals surface area contributed by atoms with Gasteiger partial charge >= 0.3 is 0 Å². The summed E-state index contributed by atoms with van der Waals surface area (Å²) in [4.78, 5) is 8.27. The Morgan fingerprint density at radius 3 is 2.27 bits per heavy atom. The quantitative estimate of drug-likeness (QED) is 0.651. The number of nitrogens with zero attached hydrogens (tertiary/aromatic N) is 2. The molecule has 2 N–H and O–H groups in total. The lowest BCUT2D eigenvalue weighted by Crippen LogP contribution is -2.30. The molecule has 0 spiro atoms. The van der Waals surface area contributed by atoms with E-state index < -0.39 is 0 Å². The lowest BCUT2D eigenvalue weighted by molar-refractivity contribution is 0.531. The normalized spacial score (nSPS) is 11.6. The van der Waals surface area contributed by atoms with Crippen molar-refractivity contribution in [2.24, 2.45) is 5.73 Å². The van der Waals surface area contributed by atoms with Crippen LogP contribution in [0.25, 0.3) is 0 Å². The van der Waals surface area contributed by atoms with Crippen molar-refractivity contribution in [1.82, 2.24) is 9.97 Å². The standard InChI is InChI=1S/C8H13N3/c1-6-4-11-7(5-10-6)8(2,3)9/h4-5H,9H2,1-3H3. The zero-order valence-corrected chi connectivity index (χ0v) is 7.13. The van der Waals surface area contributed by atoms with Gasteiger partial charge in [-0.15, -0.1) is 0 Å². The van der Waals surface area contributed by atoms with E-state index in [9.17, 15) is 0 Å². The predicted octanol–water partition coefficient (Wildman–Crippen LogP) is 0.979. The molecule has 1 aromatic heterocycles. The number of hydrogen-bond acceptors (Lipinski definition) is 3.